The van der Waals surface area contributed by atoms with Gasteiger partial charge >= 0.3 is 6.01 Å². The molecule has 10 heteroatoms. The Labute approximate surface area is 193 Å². The van der Waals surface area contributed by atoms with Crippen LogP contribution in [0.2, 0.25) is 0 Å². The van der Waals surface area contributed by atoms with E-state index in [4.69, 9.17) is 15.9 Å². The average Bonchev–Trinajstić information content (AvgIpc) is 3.45. The van der Waals surface area contributed by atoms with Gasteiger partial charge in [-0.15, -0.1) is 5.10 Å². The highest BCUT2D eigenvalue weighted by Gasteiger charge is 2.49. The summed E-state index contributed by atoms with van der Waals surface area (Å²) in [4.78, 5) is 12.2. The molecule has 3 heterocycles. The zero-order valence-electron chi connectivity index (χ0n) is 20.0. The maximum absolute atomic E-state index is 12.2. The van der Waals surface area contributed by atoms with Crippen LogP contribution < -0.4 is 22.1 Å². The van der Waals surface area contributed by atoms with Crippen LogP contribution in [0.1, 0.15) is 70.7 Å². The van der Waals surface area contributed by atoms with Crippen molar-refractivity contribution in [3.05, 3.63) is 24.0 Å². The molecule has 0 bridgehead atoms. The summed E-state index contributed by atoms with van der Waals surface area (Å²) >= 11 is 0. The molecule has 0 unspecified atom stereocenters. The lowest BCUT2D eigenvalue weighted by atomic mass is 9.75. The Morgan fingerprint density at radius 1 is 1.30 bits per heavy atom. The second-order valence-corrected chi connectivity index (χ2v) is 9.80. The van der Waals surface area contributed by atoms with Crippen molar-refractivity contribution in [1.29, 1.82) is 0 Å². The van der Waals surface area contributed by atoms with Crippen molar-refractivity contribution in [2.75, 3.05) is 10.6 Å². The lowest BCUT2D eigenvalue weighted by molar-refractivity contribution is 0.100. The summed E-state index contributed by atoms with van der Waals surface area (Å²) in [6.07, 6.45) is 6.96. The van der Waals surface area contributed by atoms with Gasteiger partial charge in [0.05, 0.1) is 28.5 Å². The van der Waals surface area contributed by atoms with Crippen LogP contribution in [0.5, 0.6) is 0 Å². The second-order valence-electron chi connectivity index (χ2n) is 9.80. The smallest absolute Gasteiger partial charge is 0.315 e. The molecule has 6 N–H and O–H groups in total. The first-order valence-electron chi connectivity index (χ1n) is 11.5. The molecule has 1 aliphatic rings. The third kappa shape index (κ3) is 4.03. The predicted molar refractivity (Wildman–Crippen MR) is 128 cm³/mol. The molecule has 3 aromatic heterocycles. The van der Waals surface area contributed by atoms with Gasteiger partial charge in [-0.2, -0.15) is 5.10 Å². The summed E-state index contributed by atoms with van der Waals surface area (Å²) in [6.45, 7) is 10.6. The van der Waals surface area contributed by atoms with E-state index in [2.05, 4.69) is 60.5 Å². The lowest BCUT2D eigenvalue weighted by Crippen LogP contribution is -2.51. The Bertz CT molecular complexity index is 1160. The Hall–Kier alpha value is -3.14. The molecule has 0 aromatic carbocycles. The fraction of sp³-hybridized carbons (Fsp3) is 0.565. The van der Waals surface area contributed by atoms with Crippen LogP contribution in [0.25, 0.3) is 17.0 Å². The van der Waals surface area contributed by atoms with Gasteiger partial charge in [0, 0.05) is 29.2 Å². The molecule has 2 atom stereocenters. The molecular formula is C23H34N8O2. The van der Waals surface area contributed by atoms with E-state index in [-0.39, 0.29) is 23.0 Å². The van der Waals surface area contributed by atoms with Gasteiger partial charge in [0.2, 0.25) is 0 Å². The van der Waals surface area contributed by atoms with E-state index in [0.717, 1.165) is 25.7 Å². The first-order chi connectivity index (χ1) is 15.6. The van der Waals surface area contributed by atoms with Crippen molar-refractivity contribution in [2.45, 2.75) is 77.9 Å². The minimum atomic E-state index is -0.545. The highest BCUT2D eigenvalue weighted by atomic mass is 16.4. The number of hydrogen-bond donors (Lipinski definition) is 4. The Balaban J connectivity index is 1.71. The van der Waals surface area contributed by atoms with Gasteiger partial charge in [0.25, 0.3) is 11.8 Å². The SMILES string of the molecule is CCC(CC)Nc1nnc(-c2cc3c(N[C@@H]4CC[C@](C)(N)C4(C)C)c(C(N)=O)cnn3c2)o1. The number of nitrogens with zero attached hydrogens (tertiary/aromatic N) is 4. The topological polar surface area (TPSA) is 149 Å². The number of nitrogens with one attached hydrogen (secondary N) is 2. The Kier molecular flexibility index (Phi) is 5.81. The zero-order valence-corrected chi connectivity index (χ0v) is 20.0. The molecule has 1 saturated carbocycles. The van der Waals surface area contributed by atoms with Crippen molar-refractivity contribution < 1.29 is 9.21 Å². The number of primary amides is 1. The van der Waals surface area contributed by atoms with Crippen LogP contribution in [0, 0.1) is 5.41 Å². The third-order valence-electron chi connectivity index (χ3n) is 7.50. The molecule has 4 rings (SSSR count). The van der Waals surface area contributed by atoms with Crippen LogP contribution in [0.4, 0.5) is 11.7 Å². The van der Waals surface area contributed by atoms with Crippen LogP contribution in [0.15, 0.2) is 22.9 Å². The summed E-state index contributed by atoms with van der Waals surface area (Å²) in [6, 6.07) is 2.59. The van der Waals surface area contributed by atoms with E-state index in [0.29, 0.717) is 34.2 Å². The average molecular weight is 455 g/mol. The monoisotopic (exact) mass is 454 g/mol. The lowest BCUT2D eigenvalue weighted by Gasteiger charge is -2.39. The molecule has 1 amide bonds. The minimum Gasteiger partial charge on any atom is -0.403 e. The number of hydrogen-bond acceptors (Lipinski definition) is 8. The molecule has 0 saturated heterocycles. The van der Waals surface area contributed by atoms with Gasteiger partial charge in [-0.25, -0.2) is 4.52 Å². The molecule has 10 nitrogen and oxygen atoms in total. The summed E-state index contributed by atoms with van der Waals surface area (Å²) in [5.74, 6) is -0.174. The van der Waals surface area contributed by atoms with Crippen molar-refractivity contribution in [3.63, 3.8) is 0 Å². The number of fused-ring (bicyclic) bond motifs is 1. The summed E-state index contributed by atoms with van der Waals surface area (Å²) < 4.78 is 7.53. The quantitative estimate of drug-likeness (QED) is 0.404. The van der Waals surface area contributed by atoms with Crippen molar-refractivity contribution in [3.8, 4) is 11.5 Å². The maximum atomic E-state index is 12.2. The number of anilines is 2. The van der Waals surface area contributed by atoms with E-state index >= 15 is 0 Å². The third-order valence-corrected chi connectivity index (χ3v) is 7.50. The Morgan fingerprint density at radius 2 is 2.03 bits per heavy atom. The van der Waals surface area contributed by atoms with E-state index in [1.54, 1.807) is 10.7 Å². The maximum Gasteiger partial charge on any atom is 0.315 e. The standard InChI is InChI=1S/C23H34N8O2/c1-6-14(7-2)27-21-30-29-20(33-21)13-10-16-18(15(19(24)32)11-26-31(16)12-13)28-17-8-9-23(5,25)22(17,3)4/h10-12,14,17,28H,6-9,25H2,1-5H3,(H2,24,32)(H,27,30)/t17-,23+/m1/s1. The van der Waals surface area contributed by atoms with Crippen molar-refractivity contribution in [1.82, 2.24) is 19.8 Å². The van der Waals surface area contributed by atoms with Gasteiger partial charge in [0.1, 0.15) is 0 Å². The van der Waals surface area contributed by atoms with Gasteiger partial charge in [0.15, 0.2) is 0 Å². The van der Waals surface area contributed by atoms with Gasteiger partial charge < -0.3 is 26.5 Å². The normalized spacial score (nSPS) is 22.2. The molecule has 0 aliphatic heterocycles. The number of nitrogens with two attached hydrogens (primary N) is 2. The number of rotatable bonds is 8. The first kappa shape index (κ1) is 23.0. The molecule has 0 spiro atoms. The van der Waals surface area contributed by atoms with E-state index < -0.39 is 5.91 Å². The highest BCUT2D eigenvalue weighted by Crippen LogP contribution is 2.46. The molecular weight excluding hydrogens is 420 g/mol. The number of aromatic nitrogens is 4. The minimum absolute atomic E-state index is 0.0642. The molecule has 33 heavy (non-hydrogen) atoms. The highest BCUT2D eigenvalue weighted by molar-refractivity contribution is 6.02. The summed E-state index contributed by atoms with van der Waals surface area (Å²) in [5, 5.41) is 19.5. The van der Waals surface area contributed by atoms with Gasteiger partial charge in [-0.3, -0.25) is 4.79 Å². The Morgan fingerprint density at radius 3 is 2.64 bits per heavy atom. The van der Waals surface area contributed by atoms with E-state index in [1.165, 1.54) is 6.20 Å². The number of carbonyl (C=O) groups is 1. The summed E-state index contributed by atoms with van der Waals surface area (Å²) in [7, 11) is 0. The van der Waals surface area contributed by atoms with E-state index in [1.807, 2.05) is 6.07 Å². The fourth-order valence-electron chi connectivity index (χ4n) is 4.53. The number of amides is 1. The van der Waals surface area contributed by atoms with Gasteiger partial charge in [-0.1, -0.05) is 32.8 Å². The van der Waals surface area contributed by atoms with Gasteiger partial charge in [-0.05, 0) is 38.7 Å². The van der Waals surface area contributed by atoms with Crippen LogP contribution in [-0.4, -0.2) is 43.3 Å². The molecule has 0 radical (unpaired) electrons. The van der Waals surface area contributed by atoms with Crippen LogP contribution >= 0.6 is 0 Å². The van der Waals surface area contributed by atoms with Crippen LogP contribution in [0.3, 0.4) is 0 Å². The number of carbonyl (C=O) groups excluding carboxylic acids is 1. The first-order valence-corrected chi connectivity index (χ1v) is 11.5. The predicted octanol–water partition coefficient (Wildman–Crippen LogP) is 3.40. The van der Waals surface area contributed by atoms with Crippen molar-refractivity contribution >= 4 is 23.1 Å². The largest absolute Gasteiger partial charge is 0.403 e. The fourth-order valence-corrected chi connectivity index (χ4v) is 4.53. The second kappa shape index (κ2) is 8.33. The molecule has 1 fully saturated rings. The zero-order chi connectivity index (χ0) is 24.0. The van der Waals surface area contributed by atoms with Crippen LogP contribution in [-0.2, 0) is 0 Å². The van der Waals surface area contributed by atoms with Crippen molar-refractivity contribution in [2.24, 2.45) is 16.9 Å². The molecule has 178 valence electrons. The molecule has 3 aromatic rings. The molecule has 1 aliphatic carbocycles. The summed E-state index contributed by atoms with van der Waals surface area (Å²) in [5.41, 5.74) is 14.1. The van der Waals surface area contributed by atoms with E-state index in [9.17, 15) is 4.79 Å².